The summed E-state index contributed by atoms with van der Waals surface area (Å²) in [5.74, 6) is 0. The van der Waals surface area contributed by atoms with Crippen LogP contribution in [0.4, 0.5) is 0 Å². The van der Waals surface area contributed by atoms with Gasteiger partial charge in [0, 0.05) is 0 Å². The topological polar surface area (TPSA) is 0 Å². The van der Waals surface area contributed by atoms with E-state index in [1.54, 1.807) is 0 Å². The second-order valence-electron chi connectivity index (χ2n) is 0. The Morgan fingerprint density at radius 1 is 0.0870 bits per heavy atom. The van der Waals surface area contributed by atoms with Gasteiger partial charge in [-0.25, -0.2) is 0 Å². The van der Waals surface area contributed by atoms with Gasteiger partial charge in [0.2, 0.25) is 0 Å². The lowest BCUT2D eigenvalue weighted by atomic mass is 24.3. The molecule has 0 nitrogen and oxygen atoms in total. The molecule has 0 aromatic rings. The molecule has 0 heterocycles. The molecule has 0 spiro atoms. The van der Waals surface area contributed by atoms with E-state index in [0.29, 0.717) is 0 Å². The quantitative estimate of drug-likeness (QED) is 0.277. The number of hydrogen-bond donors (Lipinski definition) is 0. The van der Waals surface area contributed by atoms with Crippen LogP contribution in [0.3, 0.4) is 0 Å². The molecule has 0 fully saturated rings. The van der Waals surface area contributed by atoms with Crippen LogP contribution in [0.1, 0.15) is 0 Å². The van der Waals surface area contributed by atoms with Crippen molar-refractivity contribution in [3.05, 3.63) is 0 Å². The largest absolute Gasteiger partial charge is 0.316 e. The van der Waals surface area contributed by atoms with Gasteiger partial charge < -0.3 is 0 Å². The van der Waals surface area contributed by atoms with Gasteiger partial charge in [-0.15, -0.1) is 248 Å². The fraction of sp³-hybridized carbons (Fsp3) is 0. The van der Waals surface area contributed by atoms with Gasteiger partial charge in [0.25, 0.3) is 0 Å². The Morgan fingerprint density at radius 2 is 0.0870 bits per heavy atom. The Labute approximate surface area is 311 Å². The van der Waals surface area contributed by atoms with Gasteiger partial charge >= 0.3 is 69.2 Å². The van der Waals surface area contributed by atoms with Gasteiger partial charge in [0.15, 0.2) is 0 Å². The predicted molar refractivity (Wildman–Crippen MR) is 171 cm³/mol. The lowest BCUT2D eigenvalue weighted by molar-refractivity contribution is 5.75. The average Bonchev–Trinajstić information content (AvgIpc) is 0. The van der Waals surface area contributed by atoms with Crippen LogP contribution in [-0.2, 0) is 0 Å². The van der Waals surface area contributed by atoms with Gasteiger partial charge in [-0.2, -0.15) is 0 Å². The Balaban J connectivity index is 0. The average molecular weight is 808 g/mol. The van der Waals surface area contributed by atoms with Crippen molar-refractivity contribution in [2.45, 2.75) is 0 Å². The molecule has 0 bridgehead atoms. The molecule has 0 amide bonds. The molecule has 0 unspecified atom stereocenters. The van der Waals surface area contributed by atoms with Crippen LogP contribution in [0, 0.1) is 0 Å². The van der Waals surface area contributed by atoms with E-state index in [-0.39, 0.29) is 317 Å². The van der Waals surface area contributed by atoms with E-state index in [9.17, 15) is 0 Å². The van der Waals surface area contributed by atoms with E-state index < -0.39 is 0 Å². The summed E-state index contributed by atoms with van der Waals surface area (Å²) in [7, 11) is 0. The maximum absolute atomic E-state index is 0. The summed E-state index contributed by atoms with van der Waals surface area (Å²) in [5, 5.41) is 0. The monoisotopic (exact) mass is 798 g/mol. The molecule has 0 aliphatic carbocycles. The minimum absolute atomic E-state index is 0. The van der Waals surface area contributed by atoms with Crippen LogP contribution in [0.25, 0.3) is 0 Å². The van der Waals surface area contributed by atoms with Gasteiger partial charge in [0.1, 0.15) is 0 Å². The third kappa shape index (κ3) is 362. The third-order valence-corrected chi connectivity index (χ3v) is 0. The highest BCUT2D eigenvalue weighted by Crippen LogP contribution is 0.709. The van der Waals surface area contributed by atoms with Crippen LogP contribution < -0.4 is 0 Å². The highest BCUT2D eigenvalue weighted by atomic mass is 35.5. The maximum Gasteiger partial charge on any atom is 0.316 e. The predicted octanol–water partition coefficient (Wildman–Crippen LogP) is 5.69. The van der Waals surface area contributed by atoms with E-state index in [4.69, 9.17) is 0 Å². The molecule has 0 aromatic carbocycles. The molecule has 0 N–H and O–H groups in total. The zero-order valence-corrected chi connectivity index (χ0v) is 24.5. The molecule has 0 radical (unpaired) electrons. The first kappa shape index (κ1) is 430. The van der Waals surface area contributed by atoms with Gasteiger partial charge in [-0.1, -0.05) is 0 Å². The summed E-state index contributed by atoms with van der Waals surface area (Å²) in [6, 6.07) is 0. The summed E-state index contributed by atoms with van der Waals surface area (Å²) in [6.45, 7) is 0. The summed E-state index contributed by atoms with van der Waals surface area (Å²) < 4.78 is 0. The van der Waals surface area contributed by atoms with Gasteiger partial charge in [0.05, 0.1) is 0 Å². The highest BCUT2D eigenvalue weighted by molar-refractivity contribution is 5.87. The zero-order valence-electron chi connectivity index (χ0n) is 8.16. The first-order chi connectivity index (χ1) is 0. The van der Waals surface area contributed by atoms with Crippen molar-refractivity contribution < 1.29 is 0 Å². The van der Waals surface area contributed by atoms with Crippen molar-refractivity contribution in [1.29, 1.82) is 0 Å². The SMILES string of the molecule is Cl.Cl.Cl.Cl.Cl.Cl.Cl.Cl.Cl.Cl.Cl.Cl.Cl.Cl.Cl.Cl.Cl.Cl.Cl.Cl.[MgH2].[MgH2].[MgH2]. The van der Waals surface area contributed by atoms with Crippen molar-refractivity contribution in [2.24, 2.45) is 0 Å². The molecular formula is H26Cl20Mg3. The molecular weight excluding hydrogens is 782 g/mol. The minimum Gasteiger partial charge on any atom is -0.147 e. The fourth-order valence-electron chi connectivity index (χ4n) is 0. The maximum atomic E-state index is 0. The molecule has 23 heteroatoms. The van der Waals surface area contributed by atoms with E-state index in [2.05, 4.69) is 0 Å². The summed E-state index contributed by atoms with van der Waals surface area (Å²) >= 11 is 0. The Bertz CT molecular complexity index is 12.8. The first-order valence-corrected chi connectivity index (χ1v) is 0. The summed E-state index contributed by atoms with van der Waals surface area (Å²) in [4.78, 5) is 0. The van der Waals surface area contributed by atoms with E-state index in [0.717, 1.165) is 0 Å². The summed E-state index contributed by atoms with van der Waals surface area (Å²) in [5.41, 5.74) is 0. The third-order valence-electron chi connectivity index (χ3n) is 0. The number of halogens is 20. The smallest absolute Gasteiger partial charge is 0.147 e. The van der Waals surface area contributed by atoms with Gasteiger partial charge in [-0.05, 0) is 0 Å². The molecule has 172 valence electrons. The highest BCUT2D eigenvalue weighted by Gasteiger charge is 0.318. The second kappa shape index (κ2) is 389. The number of hydrogen-bond acceptors (Lipinski definition) is 0. The molecule has 0 saturated heterocycles. The summed E-state index contributed by atoms with van der Waals surface area (Å²) in [6.07, 6.45) is 0. The van der Waals surface area contributed by atoms with Crippen LogP contribution in [-0.4, -0.2) is 69.2 Å². The fourth-order valence-corrected chi connectivity index (χ4v) is 0. The Hall–Kier alpha value is 8.10. The second-order valence-corrected chi connectivity index (χ2v) is 0. The molecule has 0 saturated carbocycles. The number of rotatable bonds is 0. The molecule has 0 rings (SSSR count). The molecule has 0 atom stereocenters. The first-order valence-electron chi connectivity index (χ1n) is 0. The van der Waals surface area contributed by atoms with Crippen LogP contribution >= 0.6 is 248 Å². The standard InChI is InChI=1S/20ClH.3Mg.6H/h20*1H;;;;;;;;;. The lowest BCUT2D eigenvalue weighted by Gasteiger charge is -0.148. The lowest BCUT2D eigenvalue weighted by Crippen LogP contribution is -0.382. The van der Waals surface area contributed by atoms with Crippen molar-refractivity contribution >= 4 is 317 Å². The minimum atomic E-state index is 0. The molecule has 0 aromatic heterocycles. The van der Waals surface area contributed by atoms with E-state index in [1.165, 1.54) is 0 Å². The normalized spacial score (nSPS) is 0. The molecule has 23 heavy (non-hydrogen) atoms. The Kier molecular flexibility index (Phi) is 7260. The van der Waals surface area contributed by atoms with Crippen LogP contribution in [0.15, 0.2) is 0 Å². The van der Waals surface area contributed by atoms with Crippen molar-refractivity contribution in [2.75, 3.05) is 0 Å². The Morgan fingerprint density at radius 3 is 0.0870 bits per heavy atom. The van der Waals surface area contributed by atoms with E-state index in [1.807, 2.05) is 0 Å². The van der Waals surface area contributed by atoms with Crippen LogP contribution in [0.2, 0.25) is 0 Å². The zero-order chi connectivity index (χ0) is 0. The molecule has 0 aliphatic rings. The van der Waals surface area contributed by atoms with Crippen molar-refractivity contribution in [1.82, 2.24) is 0 Å². The van der Waals surface area contributed by atoms with Gasteiger partial charge in [-0.3, -0.25) is 0 Å². The van der Waals surface area contributed by atoms with Crippen molar-refractivity contribution in [3.8, 4) is 0 Å². The molecule has 0 aliphatic heterocycles. The van der Waals surface area contributed by atoms with E-state index >= 15 is 0 Å². The van der Waals surface area contributed by atoms with Crippen LogP contribution in [0.5, 0.6) is 0 Å². The van der Waals surface area contributed by atoms with Crippen molar-refractivity contribution in [3.63, 3.8) is 0 Å².